The molecule has 0 saturated carbocycles. The van der Waals surface area contributed by atoms with E-state index in [9.17, 15) is 14.7 Å². The Bertz CT molecular complexity index is 480. The van der Waals surface area contributed by atoms with E-state index in [1.807, 2.05) is 0 Å². The summed E-state index contributed by atoms with van der Waals surface area (Å²) in [6, 6.07) is 6.23. The molecule has 6 nitrogen and oxygen atoms in total. The lowest BCUT2D eigenvalue weighted by atomic mass is 10.0. The van der Waals surface area contributed by atoms with Crippen LogP contribution in [-0.2, 0) is 9.53 Å². The van der Waals surface area contributed by atoms with Gasteiger partial charge in [0, 0.05) is 13.1 Å². The molecule has 1 aliphatic rings. The van der Waals surface area contributed by atoms with Crippen molar-refractivity contribution in [1.82, 2.24) is 10.4 Å². The van der Waals surface area contributed by atoms with Gasteiger partial charge in [0.1, 0.15) is 5.75 Å². The van der Waals surface area contributed by atoms with Crippen molar-refractivity contribution in [2.45, 2.75) is 25.7 Å². The Balaban J connectivity index is 1.86. The van der Waals surface area contributed by atoms with Crippen LogP contribution >= 0.6 is 0 Å². The first-order valence-corrected chi connectivity index (χ1v) is 6.62. The van der Waals surface area contributed by atoms with E-state index in [-0.39, 0.29) is 5.75 Å². The van der Waals surface area contributed by atoms with Gasteiger partial charge in [0.15, 0.2) is 0 Å². The Morgan fingerprint density at radius 2 is 1.85 bits per heavy atom. The van der Waals surface area contributed by atoms with E-state index in [1.165, 1.54) is 12.1 Å². The fourth-order valence-electron chi connectivity index (χ4n) is 2.06. The molecule has 0 bridgehead atoms. The smallest absolute Gasteiger partial charge is 0.429 e. The Hall–Kier alpha value is -2.08. The highest BCUT2D eigenvalue weighted by Crippen LogP contribution is 2.19. The fourth-order valence-corrected chi connectivity index (χ4v) is 2.06. The van der Waals surface area contributed by atoms with Gasteiger partial charge in [-0.3, -0.25) is 10.2 Å². The number of amides is 1. The van der Waals surface area contributed by atoms with Gasteiger partial charge >= 0.3 is 12.1 Å². The molecule has 1 saturated heterocycles. The molecule has 1 heterocycles. The quantitative estimate of drug-likeness (QED) is 0.650. The Kier molecular flexibility index (Phi) is 4.57. The van der Waals surface area contributed by atoms with Crippen LogP contribution in [0.15, 0.2) is 24.3 Å². The van der Waals surface area contributed by atoms with Gasteiger partial charge in [-0.2, -0.15) is 0 Å². The topological polar surface area (TPSA) is 78.9 Å². The number of nitrogens with one attached hydrogen (secondary N) is 1. The molecule has 1 aliphatic heterocycles. The second-order valence-corrected chi connectivity index (χ2v) is 4.83. The fraction of sp³-hybridized carbons (Fsp3) is 0.429. The lowest BCUT2D eigenvalue weighted by molar-refractivity contribution is -0.139. The van der Waals surface area contributed by atoms with E-state index in [4.69, 9.17) is 4.74 Å². The summed E-state index contributed by atoms with van der Waals surface area (Å²) in [4.78, 5) is 23.4. The maximum Gasteiger partial charge on any atom is 0.429 e. The minimum Gasteiger partial charge on any atom is -0.508 e. The van der Waals surface area contributed by atoms with Crippen LogP contribution in [0.5, 0.6) is 5.75 Å². The Labute approximate surface area is 117 Å². The third-order valence-corrected chi connectivity index (χ3v) is 3.30. The molecule has 1 fully saturated rings. The molecule has 0 aromatic heterocycles. The van der Waals surface area contributed by atoms with E-state index >= 15 is 0 Å². The Morgan fingerprint density at radius 3 is 2.45 bits per heavy atom. The number of carbonyl (C=O) groups excluding carboxylic acids is 2. The van der Waals surface area contributed by atoms with E-state index in [0.29, 0.717) is 5.56 Å². The number of carbonyl (C=O) groups is 2. The molecular weight excluding hydrogens is 260 g/mol. The SMILES string of the molecule is C[C@H](C(=O)OC(=O)NN1CCCC1)c1ccc(O)cc1. The molecular formula is C14H18N2O4. The number of rotatable bonds is 3. The number of benzene rings is 1. The number of nitrogens with zero attached hydrogens (tertiary/aromatic N) is 1. The van der Waals surface area contributed by atoms with Crippen LogP contribution in [0, 0.1) is 0 Å². The zero-order chi connectivity index (χ0) is 14.5. The predicted molar refractivity (Wildman–Crippen MR) is 72.0 cm³/mol. The van der Waals surface area contributed by atoms with Crippen LogP contribution in [0.3, 0.4) is 0 Å². The zero-order valence-corrected chi connectivity index (χ0v) is 11.3. The summed E-state index contributed by atoms with van der Waals surface area (Å²) in [5.74, 6) is -1.06. The van der Waals surface area contributed by atoms with Crippen LogP contribution in [0.25, 0.3) is 0 Å². The number of ether oxygens (including phenoxy) is 1. The predicted octanol–water partition coefficient (Wildman–Crippen LogP) is 1.76. The number of hydrogen-bond acceptors (Lipinski definition) is 5. The zero-order valence-electron chi connectivity index (χ0n) is 11.3. The highest BCUT2D eigenvalue weighted by atomic mass is 16.6. The first kappa shape index (κ1) is 14.3. The summed E-state index contributed by atoms with van der Waals surface area (Å²) < 4.78 is 4.77. The third kappa shape index (κ3) is 3.71. The second kappa shape index (κ2) is 6.38. The molecule has 2 N–H and O–H groups in total. The van der Waals surface area contributed by atoms with Crippen molar-refractivity contribution in [1.29, 1.82) is 0 Å². The summed E-state index contributed by atoms with van der Waals surface area (Å²) in [6.45, 7) is 3.20. The molecule has 1 atom stereocenters. The van der Waals surface area contributed by atoms with Crippen LogP contribution in [-0.4, -0.2) is 35.3 Å². The van der Waals surface area contributed by atoms with Crippen LogP contribution in [0.4, 0.5) is 4.79 Å². The third-order valence-electron chi connectivity index (χ3n) is 3.30. The first-order chi connectivity index (χ1) is 9.56. The minimum absolute atomic E-state index is 0.126. The number of aromatic hydroxyl groups is 1. The number of phenolic OH excluding ortho intramolecular Hbond substituents is 1. The van der Waals surface area contributed by atoms with E-state index in [2.05, 4.69) is 5.43 Å². The summed E-state index contributed by atoms with van der Waals surface area (Å²) in [5.41, 5.74) is 3.22. The highest BCUT2D eigenvalue weighted by Gasteiger charge is 2.22. The summed E-state index contributed by atoms with van der Waals surface area (Å²) in [6.07, 6.45) is 1.30. The van der Waals surface area contributed by atoms with Crippen LogP contribution in [0.2, 0.25) is 0 Å². The molecule has 1 amide bonds. The molecule has 6 heteroatoms. The lowest BCUT2D eigenvalue weighted by Gasteiger charge is -2.16. The number of phenols is 1. The van der Waals surface area contributed by atoms with Crippen molar-refractivity contribution >= 4 is 12.1 Å². The average Bonchev–Trinajstić information content (AvgIpc) is 2.91. The van der Waals surface area contributed by atoms with Gasteiger partial charge in [-0.15, -0.1) is 0 Å². The average molecular weight is 278 g/mol. The van der Waals surface area contributed by atoms with Crippen molar-refractivity contribution < 1.29 is 19.4 Å². The molecule has 1 aromatic rings. The molecule has 108 valence electrons. The van der Waals surface area contributed by atoms with E-state index in [0.717, 1.165) is 25.9 Å². The van der Waals surface area contributed by atoms with Crippen molar-refractivity contribution in [2.75, 3.05) is 13.1 Å². The normalized spacial score (nSPS) is 16.6. The minimum atomic E-state index is -0.748. The summed E-state index contributed by atoms with van der Waals surface area (Å²) in [7, 11) is 0. The van der Waals surface area contributed by atoms with Gasteiger partial charge in [-0.05, 0) is 37.5 Å². The van der Waals surface area contributed by atoms with Gasteiger partial charge in [0.2, 0.25) is 0 Å². The van der Waals surface area contributed by atoms with E-state index < -0.39 is 18.0 Å². The number of hydrogen-bond donors (Lipinski definition) is 2. The molecule has 1 aromatic carbocycles. The lowest BCUT2D eigenvalue weighted by Crippen LogP contribution is -2.41. The van der Waals surface area contributed by atoms with Crippen molar-refractivity contribution in [2.24, 2.45) is 0 Å². The monoisotopic (exact) mass is 278 g/mol. The van der Waals surface area contributed by atoms with Crippen LogP contribution < -0.4 is 5.43 Å². The van der Waals surface area contributed by atoms with E-state index in [1.54, 1.807) is 24.1 Å². The van der Waals surface area contributed by atoms with Crippen molar-refractivity contribution in [3.63, 3.8) is 0 Å². The number of esters is 1. The Morgan fingerprint density at radius 1 is 1.25 bits per heavy atom. The van der Waals surface area contributed by atoms with Crippen molar-refractivity contribution in [3.05, 3.63) is 29.8 Å². The van der Waals surface area contributed by atoms with Gasteiger partial charge < -0.3 is 9.84 Å². The molecule has 2 rings (SSSR count). The second-order valence-electron chi connectivity index (χ2n) is 4.83. The van der Waals surface area contributed by atoms with Gasteiger partial charge in [0.05, 0.1) is 5.92 Å². The maximum atomic E-state index is 11.8. The highest BCUT2D eigenvalue weighted by molar-refractivity contribution is 5.88. The van der Waals surface area contributed by atoms with Gasteiger partial charge in [-0.1, -0.05) is 12.1 Å². The first-order valence-electron chi connectivity index (χ1n) is 6.62. The largest absolute Gasteiger partial charge is 0.508 e. The standard InChI is InChI=1S/C14H18N2O4/c1-10(11-4-6-12(17)7-5-11)13(18)20-14(19)15-16-8-2-3-9-16/h4-7,10,17H,2-3,8-9H2,1H3,(H,15,19)/t10-/m0/s1. The van der Waals surface area contributed by atoms with Gasteiger partial charge in [0.25, 0.3) is 0 Å². The number of hydrazine groups is 1. The molecule has 0 aliphatic carbocycles. The summed E-state index contributed by atoms with van der Waals surface area (Å²) in [5, 5.41) is 10.9. The molecule has 0 spiro atoms. The summed E-state index contributed by atoms with van der Waals surface area (Å²) >= 11 is 0. The molecule has 0 unspecified atom stereocenters. The van der Waals surface area contributed by atoms with Crippen molar-refractivity contribution in [3.8, 4) is 5.75 Å². The van der Waals surface area contributed by atoms with Gasteiger partial charge in [-0.25, -0.2) is 9.80 Å². The van der Waals surface area contributed by atoms with Crippen LogP contribution in [0.1, 0.15) is 31.2 Å². The molecule has 0 radical (unpaired) electrons. The molecule has 20 heavy (non-hydrogen) atoms. The maximum absolute atomic E-state index is 11.8.